The zero-order valence-electron chi connectivity index (χ0n) is 16.9. The van der Waals surface area contributed by atoms with Crippen LogP contribution >= 0.6 is 0 Å². The standard InChI is InChI=1S/C25H22N2O4/c28-24(29)15-17-16-26-18-7-5-12-23(25(17)18)30-14-6-13-27-19-8-1-3-10-21(19)31-22-11-4-2-9-20(22)27/h1-5,7-12,16,26H,6,13-15H2,(H,28,29). The van der Waals surface area contributed by atoms with Gasteiger partial charge in [-0.25, -0.2) is 0 Å². The van der Waals surface area contributed by atoms with Crippen LogP contribution in [0.4, 0.5) is 11.4 Å². The number of rotatable bonds is 7. The molecule has 1 aromatic heterocycles. The maximum atomic E-state index is 11.2. The summed E-state index contributed by atoms with van der Waals surface area (Å²) < 4.78 is 12.1. The average molecular weight is 414 g/mol. The third kappa shape index (κ3) is 3.68. The van der Waals surface area contributed by atoms with Gasteiger partial charge in [0.15, 0.2) is 11.5 Å². The Bertz CT molecular complexity index is 1200. The minimum Gasteiger partial charge on any atom is -0.493 e. The topological polar surface area (TPSA) is 74.8 Å². The first-order chi connectivity index (χ1) is 15.2. The Labute approximate surface area is 179 Å². The molecular weight excluding hydrogens is 392 g/mol. The first kappa shape index (κ1) is 19.1. The number of hydrogen-bond donors (Lipinski definition) is 2. The van der Waals surface area contributed by atoms with Crippen LogP contribution in [0.3, 0.4) is 0 Å². The van der Waals surface area contributed by atoms with E-state index in [1.54, 1.807) is 6.20 Å². The Morgan fingerprint density at radius 1 is 0.968 bits per heavy atom. The zero-order valence-corrected chi connectivity index (χ0v) is 16.9. The van der Waals surface area contributed by atoms with E-state index < -0.39 is 5.97 Å². The highest BCUT2D eigenvalue weighted by atomic mass is 16.5. The second-order valence-electron chi connectivity index (χ2n) is 7.45. The van der Waals surface area contributed by atoms with Crippen molar-refractivity contribution in [3.63, 3.8) is 0 Å². The van der Waals surface area contributed by atoms with Crippen molar-refractivity contribution >= 4 is 28.2 Å². The van der Waals surface area contributed by atoms with Crippen molar-refractivity contribution in [3.05, 3.63) is 78.5 Å². The number of carbonyl (C=O) groups is 1. The average Bonchev–Trinajstić information content (AvgIpc) is 3.19. The third-order valence-corrected chi connectivity index (χ3v) is 5.41. The van der Waals surface area contributed by atoms with Crippen LogP contribution in [0.25, 0.3) is 10.9 Å². The molecule has 0 unspecified atom stereocenters. The maximum absolute atomic E-state index is 11.2. The predicted molar refractivity (Wildman–Crippen MR) is 120 cm³/mol. The van der Waals surface area contributed by atoms with Crippen LogP contribution in [0.15, 0.2) is 72.9 Å². The Kier molecular flexibility index (Phi) is 4.96. The Morgan fingerprint density at radius 3 is 2.39 bits per heavy atom. The summed E-state index contributed by atoms with van der Waals surface area (Å²) in [5.41, 5.74) is 3.69. The van der Waals surface area contributed by atoms with E-state index in [0.29, 0.717) is 12.4 Å². The summed E-state index contributed by atoms with van der Waals surface area (Å²) in [6.07, 6.45) is 2.49. The molecule has 0 saturated heterocycles. The van der Waals surface area contributed by atoms with Gasteiger partial charge >= 0.3 is 5.97 Å². The second-order valence-corrected chi connectivity index (χ2v) is 7.45. The fourth-order valence-electron chi connectivity index (χ4n) is 4.07. The van der Waals surface area contributed by atoms with Crippen LogP contribution in [-0.4, -0.2) is 29.2 Å². The summed E-state index contributed by atoms with van der Waals surface area (Å²) in [5.74, 6) is 1.54. The number of H-pyrrole nitrogens is 1. The van der Waals surface area contributed by atoms with Crippen LogP contribution in [-0.2, 0) is 11.2 Å². The van der Waals surface area contributed by atoms with Gasteiger partial charge in [0.05, 0.1) is 24.4 Å². The van der Waals surface area contributed by atoms with Crippen molar-refractivity contribution in [2.45, 2.75) is 12.8 Å². The number of benzene rings is 3. The van der Waals surface area contributed by atoms with Gasteiger partial charge in [0.2, 0.25) is 0 Å². The lowest BCUT2D eigenvalue weighted by atomic mass is 10.1. The molecule has 5 rings (SSSR count). The number of nitrogens with zero attached hydrogens (tertiary/aromatic N) is 1. The number of aliphatic carboxylic acids is 1. The fourth-order valence-corrected chi connectivity index (χ4v) is 4.07. The third-order valence-electron chi connectivity index (χ3n) is 5.41. The van der Waals surface area contributed by atoms with Gasteiger partial charge in [-0.05, 0) is 48.4 Å². The molecule has 0 fully saturated rings. The van der Waals surface area contributed by atoms with Crippen LogP contribution < -0.4 is 14.4 Å². The smallest absolute Gasteiger partial charge is 0.307 e. The number of aromatic amines is 1. The number of hydrogen-bond acceptors (Lipinski definition) is 4. The quantitative estimate of drug-likeness (QED) is 0.390. The van der Waals surface area contributed by atoms with Gasteiger partial charge in [-0.15, -0.1) is 0 Å². The maximum Gasteiger partial charge on any atom is 0.307 e. The summed E-state index contributed by atoms with van der Waals surface area (Å²) in [5, 5.41) is 10.0. The largest absolute Gasteiger partial charge is 0.493 e. The highest BCUT2D eigenvalue weighted by molar-refractivity contribution is 5.92. The minimum absolute atomic E-state index is 0.0400. The lowest BCUT2D eigenvalue weighted by molar-refractivity contribution is -0.136. The lowest BCUT2D eigenvalue weighted by Crippen LogP contribution is -2.23. The molecule has 156 valence electrons. The summed E-state index contributed by atoms with van der Waals surface area (Å²) in [7, 11) is 0. The second kappa shape index (κ2) is 8.07. The molecule has 0 bridgehead atoms. The first-order valence-corrected chi connectivity index (χ1v) is 10.3. The molecule has 6 nitrogen and oxygen atoms in total. The SMILES string of the molecule is O=C(O)Cc1c[nH]c2cccc(OCCCN3c4ccccc4Oc4ccccc43)c12. The van der Waals surface area contributed by atoms with Gasteiger partial charge in [0, 0.05) is 23.6 Å². The summed E-state index contributed by atoms with van der Waals surface area (Å²) in [6, 6.07) is 21.8. The fraction of sp³-hybridized carbons (Fsp3) is 0.160. The van der Waals surface area contributed by atoms with Gasteiger partial charge in [0.25, 0.3) is 0 Å². The Balaban J connectivity index is 1.32. The predicted octanol–water partition coefficient (Wildman–Crippen LogP) is 5.51. The van der Waals surface area contributed by atoms with Crippen molar-refractivity contribution in [1.82, 2.24) is 4.98 Å². The molecule has 0 amide bonds. The van der Waals surface area contributed by atoms with E-state index in [0.717, 1.165) is 52.3 Å². The van der Waals surface area contributed by atoms with Crippen molar-refractivity contribution in [2.75, 3.05) is 18.1 Å². The van der Waals surface area contributed by atoms with Gasteiger partial charge < -0.3 is 24.5 Å². The van der Waals surface area contributed by atoms with E-state index in [-0.39, 0.29) is 6.42 Å². The van der Waals surface area contributed by atoms with Gasteiger partial charge in [-0.1, -0.05) is 30.3 Å². The molecule has 3 aromatic carbocycles. The van der Waals surface area contributed by atoms with Crippen LogP contribution in [0.5, 0.6) is 17.2 Å². The molecule has 0 atom stereocenters. The monoisotopic (exact) mass is 414 g/mol. The van der Waals surface area contributed by atoms with Crippen LogP contribution in [0.2, 0.25) is 0 Å². The number of ether oxygens (including phenoxy) is 2. The van der Waals surface area contributed by atoms with E-state index in [1.807, 2.05) is 54.6 Å². The van der Waals surface area contributed by atoms with Crippen molar-refractivity contribution in [1.29, 1.82) is 0 Å². The van der Waals surface area contributed by atoms with E-state index >= 15 is 0 Å². The number of nitrogens with one attached hydrogen (secondary N) is 1. The summed E-state index contributed by atoms with van der Waals surface area (Å²) >= 11 is 0. The molecule has 1 aliphatic rings. The molecule has 4 aromatic rings. The van der Waals surface area contributed by atoms with Gasteiger partial charge in [-0.3, -0.25) is 4.79 Å². The van der Waals surface area contributed by atoms with Crippen molar-refractivity contribution in [2.24, 2.45) is 0 Å². The van der Waals surface area contributed by atoms with E-state index in [4.69, 9.17) is 9.47 Å². The Morgan fingerprint density at radius 2 is 1.68 bits per heavy atom. The summed E-state index contributed by atoms with van der Waals surface area (Å²) in [4.78, 5) is 16.6. The molecule has 0 aliphatic carbocycles. The minimum atomic E-state index is -0.861. The first-order valence-electron chi connectivity index (χ1n) is 10.3. The lowest BCUT2D eigenvalue weighted by Gasteiger charge is -2.32. The Hall–Kier alpha value is -3.93. The molecule has 6 heteroatoms. The molecule has 0 saturated carbocycles. The number of para-hydroxylation sites is 4. The van der Waals surface area contributed by atoms with Gasteiger partial charge in [0.1, 0.15) is 5.75 Å². The van der Waals surface area contributed by atoms with Crippen molar-refractivity contribution < 1.29 is 19.4 Å². The number of carboxylic acid groups (broad SMARTS) is 1. The molecule has 1 aliphatic heterocycles. The number of aromatic nitrogens is 1. The molecule has 2 heterocycles. The highest BCUT2D eigenvalue weighted by Gasteiger charge is 2.23. The summed E-state index contributed by atoms with van der Waals surface area (Å²) in [6.45, 7) is 1.28. The van der Waals surface area contributed by atoms with Crippen molar-refractivity contribution in [3.8, 4) is 17.2 Å². The molecule has 31 heavy (non-hydrogen) atoms. The van der Waals surface area contributed by atoms with Gasteiger partial charge in [-0.2, -0.15) is 0 Å². The molecule has 0 radical (unpaired) electrons. The molecule has 0 spiro atoms. The number of fused-ring (bicyclic) bond motifs is 3. The highest BCUT2D eigenvalue weighted by Crippen LogP contribution is 2.46. The molecule has 2 N–H and O–H groups in total. The molecular formula is C25H22N2O4. The van der Waals surface area contributed by atoms with Crippen LogP contribution in [0, 0.1) is 0 Å². The van der Waals surface area contributed by atoms with E-state index in [1.165, 1.54) is 0 Å². The van der Waals surface area contributed by atoms with E-state index in [2.05, 4.69) is 22.0 Å². The zero-order chi connectivity index (χ0) is 21.2. The van der Waals surface area contributed by atoms with Crippen LogP contribution in [0.1, 0.15) is 12.0 Å². The number of anilines is 2. The normalized spacial score (nSPS) is 12.2. The van der Waals surface area contributed by atoms with E-state index in [9.17, 15) is 9.90 Å². The number of carboxylic acids is 1.